The van der Waals surface area contributed by atoms with Gasteiger partial charge in [0.15, 0.2) is 0 Å². The average Bonchev–Trinajstić information content (AvgIpc) is 3.24. The third-order valence-corrected chi connectivity index (χ3v) is 3.43. The lowest BCUT2D eigenvalue weighted by Crippen LogP contribution is -2.37. The van der Waals surface area contributed by atoms with Crippen molar-refractivity contribution in [3.05, 3.63) is 29.6 Å². The maximum atomic E-state index is 13.8. The van der Waals surface area contributed by atoms with Crippen LogP contribution in [0.4, 0.5) is 14.9 Å². The van der Waals surface area contributed by atoms with Crippen LogP contribution in [0.15, 0.2) is 18.2 Å². The number of para-hydroxylation sites is 1. The van der Waals surface area contributed by atoms with Crippen LogP contribution in [0.2, 0.25) is 0 Å². The number of anilines is 1. The lowest BCUT2D eigenvalue weighted by Gasteiger charge is -2.23. The maximum Gasteiger partial charge on any atom is 0.337 e. The second kappa shape index (κ2) is 6.56. The Morgan fingerprint density at radius 3 is 2.71 bits per heavy atom. The molecule has 21 heavy (non-hydrogen) atoms. The van der Waals surface area contributed by atoms with Crippen molar-refractivity contribution in [2.24, 2.45) is 5.92 Å². The summed E-state index contributed by atoms with van der Waals surface area (Å²) in [5, 5.41) is 11.5. The Kier molecular flexibility index (Phi) is 4.77. The number of urea groups is 1. The number of carbonyl (C=O) groups excluding carboxylic acids is 1. The minimum Gasteiger partial charge on any atom is -0.478 e. The van der Waals surface area contributed by atoms with Gasteiger partial charge in [-0.05, 0) is 37.3 Å². The molecule has 114 valence electrons. The molecule has 1 aromatic carbocycles. The Morgan fingerprint density at radius 1 is 1.43 bits per heavy atom. The lowest BCUT2D eigenvalue weighted by molar-refractivity contribution is 0.0697. The first kappa shape index (κ1) is 15.3. The predicted octanol–water partition coefficient (Wildman–Crippen LogP) is 3.18. The zero-order valence-electron chi connectivity index (χ0n) is 11.9. The number of carboxylic acid groups (broad SMARTS) is 1. The highest BCUT2D eigenvalue weighted by atomic mass is 19.1. The van der Waals surface area contributed by atoms with E-state index >= 15 is 0 Å². The van der Waals surface area contributed by atoms with E-state index in [2.05, 4.69) is 5.32 Å². The van der Waals surface area contributed by atoms with Gasteiger partial charge in [-0.3, -0.25) is 0 Å². The molecule has 1 aromatic rings. The third kappa shape index (κ3) is 3.93. The average molecular weight is 294 g/mol. The summed E-state index contributed by atoms with van der Waals surface area (Å²) in [6, 6.07) is 3.26. The first-order chi connectivity index (χ1) is 10.0. The van der Waals surface area contributed by atoms with Crippen LogP contribution < -0.4 is 5.32 Å². The van der Waals surface area contributed by atoms with Crippen LogP contribution >= 0.6 is 0 Å². The third-order valence-electron chi connectivity index (χ3n) is 3.43. The molecule has 0 saturated heterocycles. The number of hydrogen-bond donors (Lipinski definition) is 2. The molecule has 0 aliphatic heterocycles. The molecule has 0 aromatic heterocycles. The molecule has 1 aliphatic carbocycles. The number of amides is 2. The van der Waals surface area contributed by atoms with Gasteiger partial charge in [-0.15, -0.1) is 0 Å². The molecule has 2 amide bonds. The van der Waals surface area contributed by atoms with E-state index < -0.39 is 17.8 Å². The zero-order chi connectivity index (χ0) is 15.4. The van der Waals surface area contributed by atoms with Crippen LogP contribution in [-0.2, 0) is 0 Å². The van der Waals surface area contributed by atoms with Crippen molar-refractivity contribution in [2.75, 3.05) is 18.4 Å². The van der Waals surface area contributed by atoms with Gasteiger partial charge in [0.1, 0.15) is 5.82 Å². The van der Waals surface area contributed by atoms with Gasteiger partial charge in [-0.2, -0.15) is 0 Å². The fourth-order valence-corrected chi connectivity index (χ4v) is 2.17. The van der Waals surface area contributed by atoms with Crippen LogP contribution in [0.5, 0.6) is 0 Å². The summed E-state index contributed by atoms with van der Waals surface area (Å²) in [7, 11) is 0. The Bertz CT molecular complexity index is 544. The molecule has 0 bridgehead atoms. The molecule has 6 heteroatoms. The van der Waals surface area contributed by atoms with Gasteiger partial charge in [-0.25, -0.2) is 14.0 Å². The van der Waals surface area contributed by atoms with Crippen LogP contribution in [0.1, 0.15) is 36.5 Å². The van der Waals surface area contributed by atoms with Crippen LogP contribution in [0.3, 0.4) is 0 Å². The van der Waals surface area contributed by atoms with Crippen molar-refractivity contribution in [1.29, 1.82) is 0 Å². The predicted molar refractivity (Wildman–Crippen MR) is 77.0 cm³/mol. The summed E-state index contributed by atoms with van der Waals surface area (Å²) in [5.74, 6) is -1.50. The van der Waals surface area contributed by atoms with Gasteiger partial charge in [0, 0.05) is 13.1 Å². The van der Waals surface area contributed by atoms with Gasteiger partial charge in [0.25, 0.3) is 0 Å². The molecular formula is C15H19FN2O3. The maximum absolute atomic E-state index is 13.8. The van der Waals surface area contributed by atoms with Gasteiger partial charge < -0.3 is 15.3 Å². The SMILES string of the molecule is CCCN(CC1CC1)C(=O)Nc1c(F)cccc1C(=O)O. The monoisotopic (exact) mass is 294 g/mol. The summed E-state index contributed by atoms with van der Waals surface area (Å²) in [4.78, 5) is 25.0. The molecule has 0 unspecified atom stereocenters. The number of aromatic carboxylic acids is 1. The van der Waals surface area contributed by atoms with Crippen molar-refractivity contribution < 1.29 is 19.1 Å². The van der Waals surface area contributed by atoms with Crippen LogP contribution in [0, 0.1) is 11.7 Å². The molecule has 5 nitrogen and oxygen atoms in total. The second-order valence-corrected chi connectivity index (χ2v) is 5.29. The van der Waals surface area contributed by atoms with Crippen LogP contribution in [0.25, 0.3) is 0 Å². The highest BCUT2D eigenvalue weighted by Gasteiger charge is 2.27. The normalized spacial score (nSPS) is 13.8. The van der Waals surface area contributed by atoms with Crippen molar-refractivity contribution in [3.63, 3.8) is 0 Å². The minimum atomic E-state index is -1.27. The number of hydrogen-bond acceptors (Lipinski definition) is 2. The van der Waals surface area contributed by atoms with E-state index in [4.69, 9.17) is 5.11 Å². The Morgan fingerprint density at radius 2 is 2.14 bits per heavy atom. The Hall–Kier alpha value is -2.11. The van der Waals surface area contributed by atoms with E-state index in [1.807, 2.05) is 6.92 Å². The molecule has 0 atom stereocenters. The van der Waals surface area contributed by atoms with E-state index in [0.717, 1.165) is 25.3 Å². The van der Waals surface area contributed by atoms with Crippen molar-refractivity contribution >= 4 is 17.7 Å². The van der Waals surface area contributed by atoms with Crippen molar-refractivity contribution in [1.82, 2.24) is 4.90 Å². The fraction of sp³-hybridized carbons (Fsp3) is 0.467. The fourth-order valence-electron chi connectivity index (χ4n) is 2.17. The molecule has 0 radical (unpaired) electrons. The summed E-state index contributed by atoms with van der Waals surface area (Å²) >= 11 is 0. The Labute approximate surface area is 122 Å². The van der Waals surface area contributed by atoms with E-state index in [-0.39, 0.29) is 11.3 Å². The number of carbonyl (C=O) groups is 2. The first-order valence-electron chi connectivity index (χ1n) is 7.10. The number of nitrogens with zero attached hydrogens (tertiary/aromatic N) is 1. The smallest absolute Gasteiger partial charge is 0.337 e. The number of carboxylic acids is 1. The van der Waals surface area contributed by atoms with Gasteiger partial charge in [0.05, 0.1) is 11.3 Å². The zero-order valence-corrected chi connectivity index (χ0v) is 11.9. The molecule has 1 aliphatic rings. The highest BCUT2D eigenvalue weighted by molar-refractivity contribution is 6.00. The van der Waals surface area contributed by atoms with Crippen molar-refractivity contribution in [2.45, 2.75) is 26.2 Å². The van der Waals surface area contributed by atoms with E-state index in [1.165, 1.54) is 12.1 Å². The Balaban J connectivity index is 2.15. The van der Waals surface area contributed by atoms with E-state index in [9.17, 15) is 14.0 Å². The molecule has 1 fully saturated rings. The number of halogens is 1. The molecule has 0 spiro atoms. The highest BCUT2D eigenvalue weighted by Crippen LogP contribution is 2.30. The van der Waals surface area contributed by atoms with Gasteiger partial charge >= 0.3 is 12.0 Å². The largest absolute Gasteiger partial charge is 0.478 e. The van der Waals surface area contributed by atoms with Gasteiger partial charge in [0.2, 0.25) is 0 Å². The molecular weight excluding hydrogens is 275 g/mol. The second-order valence-electron chi connectivity index (χ2n) is 5.29. The lowest BCUT2D eigenvalue weighted by atomic mass is 10.1. The number of benzene rings is 1. The summed E-state index contributed by atoms with van der Waals surface area (Å²) in [6.45, 7) is 3.16. The molecule has 2 N–H and O–H groups in total. The molecule has 0 heterocycles. The van der Waals surface area contributed by atoms with Gasteiger partial charge in [-0.1, -0.05) is 13.0 Å². The number of nitrogens with one attached hydrogen (secondary N) is 1. The summed E-state index contributed by atoms with van der Waals surface area (Å²) in [6.07, 6.45) is 3.00. The standard InChI is InChI=1S/C15H19FN2O3/c1-2-8-18(9-10-6-7-10)15(21)17-13-11(14(19)20)4-3-5-12(13)16/h3-5,10H,2,6-9H2,1H3,(H,17,21)(H,19,20). The molecule has 1 saturated carbocycles. The summed E-state index contributed by atoms with van der Waals surface area (Å²) < 4.78 is 13.8. The molecule has 2 rings (SSSR count). The van der Waals surface area contributed by atoms with Crippen molar-refractivity contribution in [3.8, 4) is 0 Å². The van der Waals surface area contributed by atoms with Crippen LogP contribution in [-0.4, -0.2) is 35.1 Å². The summed E-state index contributed by atoms with van der Waals surface area (Å²) in [5.41, 5.74) is -0.516. The number of rotatable bonds is 6. The quantitative estimate of drug-likeness (QED) is 0.846. The van der Waals surface area contributed by atoms with E-state index in [0.29, 0.717) is 19.0 Å². The first-order valence-corrected chi connectivity index (χ1v) is 7.10. The topological polar surface area (TPSA) is 69.6 Å². The van der Waals surface area contributed by atoms with E-state index in [1.54, 1.807) is 4.90 Å². The minimum absolute atomic E-state index is 0.244.